The van der Waals surface area contributed by atoms with Crippen LogP contribution in [0.4, 0.5) is 15.3 Å². The molecule has 2 unspecified atom stereocenters. The van der Waals surface area contributed by atoms with E-state index in [2.05, 4.69) is 21.3 Å². The monoisotopic (exact) mass is 466 g/mol. The molecule has 8 N–H and O–H groups in total. The molecule has 0 spiro atoms. The van der Waals surface area contributed by atoms with Gasteiger partial charge in [0.25, 0.3) is 0 Å². The normalized spacial score (nSPS) is 11.9. The average molecular weight is 467 g/mol. The van der Waals surface area contributed by atoms with Gasteiger partial charge in [-0.05, 0) is 36.5 Å². The molecule has 0 saturated carbocycles. The van der Waals surface area contributed by atoms with E-state index in [1.54, 1.807) is 33.1 Å². The van der Waals surface area contributed by atoms with Crippen LogP contribution in [0.15, 0.2) is 24.3 Å². The molecule has 0 saturated heterocycles. The number of rotatable bonds is 12. The van der Waals surface area contributed by atoms with Gasteiger partial charge in [-0.1, -0.05) is 39.8 Å². The molecule has 1 aromatic rings. The Morgan fingerprint density at radius 1 is 0.939 bits per heavy atom. The van der Waals surface area contributed by atoms with Crippen LogP contribution < -0.4 is 32.7 Å². The third-order valence-corrected chi connectivity index (χ3v) is 4.38. The van der Waals surface area contributed by atoms with Crippen LogP contribution in [0.25, 0.3) is 0 Å². The van der Waals surface area contributed by atoms with Crippen molar-refractivity contribution in [3.63, 3.8) is 0 Å². The third-order valence-electron chi connectivity index (χ3n) is 4.38. The van der Waals surface area contributed by atoms with Crippen LogP contribution in [-0.2, 0) is 20.9 Å². The predicted molar refractivity (Wildman–Crippen MR) is 127 cm³/mol. The Morgan fingerprint density at radius 2 is 1.55 bits per heavy atom. The standard InChI is InChI=1S/C20H32N6O5.C2H6/c1-12(2)16(26-20(22)30)18(28)25-15(5-4-10-23-19(21)29)17(27)24-14-8-6-13(7-9-14)11-31-3;1-2/h6-9,12,15-16H,4-5,10-11H2,1-3H3,(H,24,27)(H,25,28)(H3,21,23,29)(H3,22,26,30);1-2H3. The van der Waals surface area contributed by atoms with Crippen molar-refractivity contribution in [2.45, 2.75) is 59.2 Å². The lowest BCUT2D eigenvalue weighted by molar-refractivity contribution is -0.128. The number of carbonyl (C=O) groups excluding carboxylic acids is 4. The zero-order valence-electron chi connectivity index (χ0n) is 20.1. The Morgan fingerprint density at radius 3 is 2.03 bits per heavy atom. The molecular formula is C22H38N6O5. The Kier molecular flexibility index (Phi) is 14.7. The first-order valence-electron chi connectivity index (χ1n) is 10.9. The molecule has 11 nitrogen and oxygen atoms in total. The number of hydrogen-bond acceptors (Lipinski definition) is 5. The first-order chi connectivity index (χ1) is 15.6. The van der Waals surface area contributed by atoms with Gasteiger partial charge in [-0.25, -0.2) is 9.59 Å². The molecule has 11 heteroatoms. The molecule has 0 bridgehead atoms. The summed E-state index contributed by atoms with van der Waals surface area (Å²) in [5.74, 6) is -1.22. The molecule has 0 heterocycles. The molecule has 0 fully saturated rings. The molecule has 1 aromatic carbocycles. The summed E-state index contributed by atoms with van der Waals surface area (Å²) in [4.78, 5) is 47.6. The summed E-state index contributed by atoms with van der Waals surface area (Å²) in [6, 6.07) is 3.77. The highest BCUT2D eigenvalue weighted by molar-refractivity contribution is 5.98. The summed E-state index contributed by atoms with van der Waals surface area (Å²) in [7, 11) is 1.59. The van der Waals surface area contributed by atoms with Crippen molar-refractivity contribution < 1.29 is 23.9 Å². The lowest BCUT2D eigenvalue weighted by atomic mass is 10.0. The number of nitrogens with two attached hydrogens (primary N) is 2. The topological polar surface area (TPSA) is 178 Å². The number of carbonyl (C=O) groups is 4. The summed E-state index contributed by atoms with van der Waals surface area (Å²) >= 11 is 0. The maximum absolute atomic E-state index is 12.8. The number of hydrogen-bond donors (Lipinski definition) is 6. The van der Waals surface area contributed by atoms with Crippen molar-refractivity contribution in [2.75, 3.05) is 19.0 Å². The molecule has 33 heavy (non-hydrogen) atoms. The van der Waals surface area contributed by atoms with Gasteiger partial charge in [-0.2, -0.15) is 0 Å². The van der Waals surface area contributed by atoms with Crippen molar-refractivity contribution in [1.82, 2.24) is 16.0 Å². The molecule has 2 atom stereocenters. The maximum atomic E-state index is 12.8. The summed E-state index contributed by atoms with van der Waals surface area (Å²) in [5.41, 5.74) is 11.7. The Labute approximate surface area is 195 Å². The smallest absolute Gasteiger partial charge is 0.312 e. The van der Waals surface area contributed by atoms with Crippen molar-refractivity contribution in [2.24, 2.45) is 17.4 Å². The van der Waals surface area contributed by atoms with E-state index in [9.17, 15) is 19.2 Å². The van der Waals surface area contributed by atoms with Gasteiger partial charge in [0.05, 0.1) is 6.61 Å². The molecule has 0 aliphatic heterocycles. The summed E-state index contributed by atoms with van der Waals surface area (Å²) in [6.07, 6.45) is 0.630. The average Bonchev–Trinajstić information content (AvgIpc) is 2.76. The predicted octanol–water partition coefficient (Wildman–Crippen LogP) is 1.42. The number of methoxy groups -OCH3 is 1. The van der Waals surface area contributed by atoms with Gasteiger partial charge >= 0.3 is 12.1 Å². The first kappa shape index (κ1) is 29.7. The van der Waals surface area contributed by atoms with E-state index in [0.29, 0.717) is 18.7 Å². The summed E-state index contributed by atoms with van der Waals surface area (Å²) in [6.45, 7) is 8.18. The highest BCUT2D eigenvalue weighted by Crippen LogP contribution is 2.12. The second-order valence-electron chi connectivity index (χ2n) is 7.34. The number of amides is 6. The fraction of sp³-hybridized carbons (Fsp3) is 0.545. The first-order valence-corrected chi connectivity index (χ1v) is 10.9. The molecule has 0 aromatic heterocycles. The number of nitrogens with one attached hydrogen (secondary N) is 4. The van der Waals surface area contributed by atoms with E-state index in [1.165, 1.54) is 0 Å². The maximum Gasteiger partial charge on any atom is 0.312 e. The molecule has 0 aliphatic rings. The van der Waals surface area contributed by atoms with Gasteiger partial charge in [0.2, 0.25) is 11.8 Å². The van der Waals surface area contributed by atoms with E-state index < -0.39 is 36.0 Å². The zero-order valence-corrected chi connectivity index (χ0v) is 20.1. The van der Waals surface area contributed by atoms with Crippen LogP contribution in [0.3, 0.4) is 0 Å². The van der Waals surface area contributed by atoms with Gasteiger partial charge < -0.3 is 37.5 Å². The van der Waals surface area contributed by atoms with Gasteiger partial charge in [0, 0.05) is 19.3 Å². The minimum atomic E-state index is -0.906. The van der Waals surface area contributed by atoms with Crippen LogP contribution in [-0.4, -0.2) is 49.6 Å². The SMILES string of the molecule is CC.COCc1ccc(NC(=O)C(CCCNC(N)=O)NC(=O)C(NC(N)=O)C(C)C)cc1. The number of urea groups is 2. The van der Waals surface area contributed by atoms with Crippen molar-refractivity contribution in [1.29, 1.82) is 0 Å². The number of anilines is 1. The van der Waals surface area contributed by atoms with Crippen molar-refractivity contribution >= 4 is 29.6 Å². The van der Waals surface area contributed by atoms with Crippen LogP contribution in [0.2, 0.25) is 0 Å². The lowest BCUT2D eigenvalue weighted by Gasteiger charge is -2.24. The molecule has 186 valence electrons. The van der Waals surface area contributed by atoms with E-state index in [4.69, 9.17) is 16.2 Å². The zero-order chi connectivity index (χ0) is 25.4. The highest BCUT2D eigenvalue weighted by atomic mass is 16.5. The Balaban J connectivity index is 0.00000497. The van der Waals surface area contributed by atoms with E-state index in [0.717, 1.165) is 5.56 Å². The van der Waals surface area contributed by atoms with Crippen LogP contribution >= 0.6 is 0 Å². The number of primary amides is 2. The summed E-state index contributed by atoms with van der Waals surface area (Å²) in [5, 5.41) is 10.2. The van der Waals surface area contributed by atoms with Gasteiger partial charge in [-0.15, -0.1) is 0 Å². The third kappa shape index (κ3) is 12.3. The van der Waals surface area contributed by atoms with Crippen LogP contribution in [0.5, 0.6) is 0 Å². The lowest BCUT2D eigenvalue weighted by Crippen LogP contribution is -2.55. The van der Waals surface area contributed by atoms with E-state index in [-0.39, 0.29) is 18.9 Å². The molecule has 0 radical (unpaired) electrons. The fourth-order valence-corrected chi connectivity index (χ4v) is 2.82. The minimum Gasteiger partial charge on any atom is -0.380 e. The summed E-state index contributed by atoms with van der Waals surface area (Å²) < 4.78 is 5.06. The second-order valence-corrected chi connectivity index (χ2v) is 7.34. The largest absolute Gasteiger partial charge is 0.380 e. The van der Waals surface area contributed by atoms with E-state index in [1.807, 2.05) is 26.0 Å². The van der Waals surface area contributed by atoms with Gasteiger partial charge in [0.15, 0.2) is 0 Å². The quantitative estimate of drug-likeness (QED) is 0.255. The second kappa shape index (κ2) is 16.3. The van der Waals surface area contributed by atoms with Crippen LogP contribution in [0, 0.1) is 5.92 Å². The Hall–Kier alpha value is -3.34. The Bertz CT molecular complexity index is 754. The molecule has 6 amide bonds. The van der Waals surface area contributed by atoms with Crippen LogP contribution in [0.1, 0.15) is 46.1 Å². The number of benzene rings is 1. The van der Waals surface area contributed by atoms with Gasteiger partial charge in [-0.3, -0.25) is 9.59 Å². The van der Waals surface area contributed by atoms with E-state index >= 15 is 0 Å². The fourth-order valence-electron chi connectivity index (χ4n) is 2.82. The molecule has 0 aliphatic carbocycles. The molecular weight excluding hydrogens is 428 g/mol. The highest BCUT2D eigenvalue weighted by Gasteiger charge is 2.28. The minimum absolute atomic E-state index is 0.237. The van der Waals surface area contributed by atoms with Crippen molar-refractivity contribution in [3.05, 3.63) is 29.8 Å². The molecule has 1 rings (SSSR count). The van der Waals surface area contributed by atoms with Gasteiger partial charge in [0.1, 0.15) is 12.1 Å². The van der Waals surface area contributed by atoms with Crippen molar-refractivity contribution in [3.8, 4) is 0 Å². The number of ether oxygens (including phenoxy) is 1.